The van der Waals surface area contributed by atoms with E-state index in [0.29, 0.717) is 17.7 Å². The minimum Gasteiger partial charge on any atom is -0.337 e. The Morgan fingerprint density at radius 3 is 2.48 bits per heavy atom. The second-order valence-electron chi connectivity index (χ2n) is 4.59. The Labute approximate surface area is 140 Å². The monoisotopic (exact) mass is 406 g/mol. The Bertz CT molecular complexity index is 705. The number of hydrogen-bond acceptors (Lipinski definition) is 2. The molecule has 0 aromatic heterocycles. The highest BCUT2D eigenvalue weighted by atomic mass is 79.9. The number of benzene rings is 2. The van der Waals surface area contributed by atoms with E-state index < -0.39 is 0 Å². The maximum absolute atomic E-state index is 12.5. The number of carbonyl (C=O) groups excluding carboxylic acids is 1. The highest BCUT2D eigenvalue weighted by molar-refractivity contribution is 9.11. The van der Waals surface area contributed by atoms with Crippen molar-refractivity contribution in [1.29, 1.82) is 5.26 Å². The highest BCUT2D eigenvalue weighted by Gasteiger charge is 2.15. The molecule has 0 radical (unpaired) electrons. The maximum atomic E-state index is 12.5. The molecule has 2 aromatic carbocycles. The number of hydrogen-bond donors (Lipinski definition) is 0. The van der Waals surface area contributed by atoms with Crippen LogP contribution < -0.4 is 0 Å². The lowest BCUT2D eigenvalue weighted by Crippen LogP contribution is -2.26. The van der Waals surface area contributed by atoms with Gasteiger partial charge < -0.3 is 4.90 Å². The van der Waals surface area contributed by atoms with Crippen molar-refractivity contribution in [3.05, 3.63) is 68.1 Å². The fraction of sp³-hybridized carbons (Fsp3) is 0.125. The van der Waals surface area contributed by atoms with Gasteiger partial charge in [-0.2, -0.15) is 5.26 Å². The Morgan fingerprint density at radius 1 is 1.19 bits per heavy atom. The average Bonchev–Trinajstić information content (AvgIpc) is 2.49. The molecule has 0 aliphatic heterocycles. The van der Waals surface area contributed by atoms with Crippen molar-refractivity contribution in [2.45, 2.75) is 6.54 Å². The van der Waals surface area contributed by atoms with Gasteiger partial charge in [-0.1, -0.05) is 28.1 Å². The molecule has 21 heavy (non-hydrogen) atoms. The van der Waals surface area contributed by atoms with Crippen molar-refractivity contribution >= 4 is 37.8 Å². The van der Waals surface area contributed by atoms with Gasteiger partial charge >= 0.3 is 0 Å². The van der Waals surface area contributed by atoms with Gasteiger partial charge in [-0.05, 0) is 51.8 Å². The van der Waals surface area contributed by atoms with Crippen LogP contribution in [0.1, 0.15) is 21.5 Å². The summed E-state index contributed by atoms with van der Waals surface area (Å²) in [4.78, 5) is 14.1. The molecule has 0 heterocycles. The first-order valence-corrected chi connectivity index (χ1v) is 7.79. The second-order valence-corrected chi connectivity index (χ2v) is 6.36. The van der Waals surface area contributed by atoms with E-state index >= 15 is 0 Å². The van der Waals surface area contributed by atoms with Gasteiger partial charge in [0.25, 0.3) is 5.91 Å². The van der Waals surface area contributed by atoms with Crippen molar-refractivity contribution in [2.75, 3.05) is 7.05 Å². The van der Waals surface area contributed by atoms with Gasteiger partial charge in [-0.15, -0.1) is 0 Å². The third kappa shape index (κ3) is 3.93. The fourth-order valence-electron chi connectivity index (χ4n) is 1.90. The minimum absolute atomic E-state index is 0.0625. The molecule has 0 saturated carbocycles. The number of amides is 1. The molecule has 0 fully saturated rings. The Morgan fingerprint density at radius 2 is 1.86 bits per heavy atom. The smallest absolute Gasteiger partial charge is 0.255 e. The summed E-state index contributed by atoms with van der Waals surface area (Å²) in [5.74, 6) is -0.0625. The number of nitriles is 1. The average molecular weight is 408 g/mol. The molecule has 3 nitrogen and oxygen atoms in total. The summed E-state index contributed by atoms with van der Waals surface area (Å²) in [7, 11) is 1.76. The van der Waals surface area contributed by atoms with Crippen LogP contribution in [0, 0.1) is 11.3 Å². The van der Waals surface area contributed by atoms with Gasteiger partial charge in [0.05, 0.1) is 17.2 Å². The van der Waals surface area contributed by atoms with E-state index in [1.165, 1.54) is 0 Å². The molecular weight excluding hydrogens is 396 g/mol. The normalized spacial score (nSPS) is 10.0. The predicted octanol–water partition coefficient (Wildman–Crippen LogP) is 4.36. The molecule has 0 atom stereocenters. The summed E-state index contributed by atoms with van der Waals surface area (Å²) in [6.45, 7) is 0.490. The Kier molecular flexibility index (Phi) is 5.16. The van der Waals surface area contributed by atoms with E-state index in [4.69, 9.17) is 5.26 Å². The summed E-state index contributed by atoms with van der Waals surface area (Å²) in [6, 6.07) is 14.8. The quantitative estimate of drug-likeness (QED) is 0.758. The zero-order chi connectivity index (χ0) is 15.4. The van der Waals surface area contributed by atoms with E-state index in [9.17, 15) is 4.79 Å². The molecule has 0 spiro atoms. The molecular formula is C16H12Br2N2O. The largest absolute Gasteiger partial charge is 0.337 e. The molecule has 0 aliphatic carbocycles. The first kappa shape index (κ1) is 15.7. The van der Waals surface area contributed by atoms with Crippen LogP contribution >= 0.6 is 31.9 Å². The SMILES string of the molecule is CN(Cc1ccc(C#N)cc1)C(=O)c1cc(Br)ccc1Br. The van der Waals surface area contributed by atoms with Gasteiger partial charge in [0.2, 0.25) is 0 Å². The van der Waals surface area contributed by atoms with Gasteiger partial charge in [0.15, 0.2) is 0 Å². The number of carbonyl (C=O) groups is 1. The van der Waals surface area contributed by atoms with Gasteiger partial charge in [0, 0.05) is 22.5 Å². The number of halogens is 2. The molecule has 0 bridgehead atoms. The molecule has 5 heteroatoms. The summed E-state index contributed by atoms with van der Waals surface area (Å²) < 4.78 is 1.63. The van der Waals surface area contributed by atoms with E-state index in [2.05, 4.69) is 37.9 Å². The van der Waals surface area contributed by atoms with Crippen LogP contribution in [-0.4, -0.2) is 17.9 Å². The van der Waals surface area contributed by atoms with E-state index in [0.717, 1.165) is 14.5 Å². The highest BCUT2D eigenvalue weighted by Crippen LogP contribution is 2.23. The molecule has 0 saturated heterocycles. The molecule has 0 unspecified atom stereocenters. The standard InChI is InChI=1S/C16H12Br2N2O/c1-20(10-12-4-2-11(9-19)3-5-12)16(21)14-8-13(17)6-7-15(14)18/h2-8H,10H2,1H3. The summed E-state index contributed by atoms with van der Waals surface area (Å²) >= 11 is 6.77. The number of nitrogens with zero attached hydrogens (tertiary/aromatic N) is 2. The van der Waals surface area contributed by atoms with Gasteiger partial charge in [-0.25, -0.2) is 0 Å². The number of rotatable bonds is 3. The van der Waals surface area contributed by atoms with Crippen LogP contribution in [0.5, 0.6) is 0 Å². The summed E-state index contributed by atoms with van der Waals surface area (Å²) in [6.07, 6.45) is 0. The zero-order valence-corrected chi connectivity index (χ0v) is 14.5. The maximum Gasteiger partial charge on any atom is 0.255 e. The van der Waals surface area contributed by atoms with E-state index in [-0.39, 0.29) is 5.91 Å². The van der Waals surface area contributed by atoms with Gasteiger partial charge in [-0.3, -0.25) is 4.79 Å². The third-order valence-corrected chi connectivity index (χ3v) is 4.19. The summed E-state index contributed by atoms with van der Waals surface area (Å²) in [5.41, 5.74) is 2.21. The van der Waals surface area contributed by atoms with E-state index in [1.807, 2.05) is 24.3 Å². The van der Waals surface area contributed by atoms with Crippen LogP contribution in [0.4, 0.5) is 0 Å². The van der Waals surface area contributed by atoms with Crippen molar-refractivity contribution in [3.8, 4) is 6.07 Å². The van der Waals surface area contributed by atoms with Crippen LogP contribution in [0.3, 0.4) is 0 Å². The van der Waals surface area contributed by atoms with E-state index in [1.54, 1.807) is 30.1 Å². The molecule has 0 N–H and O–H groups in total. The second kappa shape index (κ2) is 6.88. The van der Waals surface area contributed by atoms with Crippen molar-refractivity contribution in [2.24, 2.45) is 0 Å². The summed E-state index contributed by atoms with van der Waals surface area (Å²) in [5, 5.41) is 8.78. The first-order valence-electron chi connectivity index (χ1n) is 6.21. The lowest BCUT2D eigenvalue weighted by molar-refractivity contribution is 0.0784. The van der Waals surface area contributed by atoms with Crippen LogP contribution in [0.2, 0.25) is 0 Å². The van der Waals surface area contributed by atoms with Gasteiger partial charge in [0.1, 0.15) is 0 Å². The van der Waals surface area contributed by atoms with Crippen LogP contribution in [0.15, 0.2) is 51.4 Å². The molecule has 2 aromatic rings. The molecule has 0 aliphatic rings. The lowest BCUT2D eigenvalue weighted by Gasteiger charge is -2.18. The fourth-order valence-corrected chi connectivity index (χ4v) is 2.67. The minimum atomic E-state index is -0.0625. The van der Waals surface area contributed by atoms with Crippen molar-refractivity contribution < 1.29 is 4.79 Å². The van der Waals surface area contributed by atoms with Crippen molar-refractivity contribution in [3.63, 3.8) is 0 Å². The lowest BCUT2D eigenvalue weighted by atomic mass is 10.1. The predicted molar refractivity (Wildman–Crippen MR) is 88.8 cm³/mol. The molecule has 1 amide bonds. The third-order valence-electron chi connectivity index (χ3n) is 3.01. The van der Waals surface area contributed by atoms with Crippen molar-refractivity contribution in [1.82, 2.24) is 4.90 Å². The topological polar surface area (TPSA) is 44.1 Å². The Hall–Kier alpha value is -1.64. The molecule has 106 valence electrons. The van der Waals surface area contributed by atoms with Crippen LogP contribution in [0.25, 0.3) is 0 Å². The Balaban J connectivity index is 2.15. The molecule has 2 rings (SSSR count). The van der Waals surface area contributed by atoms with Crippen LogP contribution in [-0.2, 0) is 6.54 Å². The zero-order valence-electron chi connectivity index (χ0n) is 11.3. The first-order chi connectivity index (χ1) is 10.0.